The maximum absolute atomic E-state index is 12.7. The first kappa shape index (κ1) is 22.4. The van der Waals surface area contributed by atoms with Gasteiger partial charge in [-0.05, 0) is 50.6 Å². The summed E-state index contributed by atoms with van der Waals surface area (Å²) in [6.07, 6.45) is -0.747. The van der Waals surface area contributed by atoms with Crippen LogP contribution in [-0.4, -0.2) is 21.6 Å². The van der Waals surface area contributed by atoms with Gasteiger partial charge in [0.05, 0.1) is 11.4 Å². The number of hydrogen-bond donors (Lipinski definition) is 1. The number of aryl methyl sites for hydroxylation is 2. The van der Waals surface area contributed by atoms with E-state index in [2.05, 4.69) is 10.3 Å². The molecule has 1 N–H and O–H groups in total. The Hall–Kier alpha value is -3.78. The molecule has 0 aliphatic carbocycles. The Balaban J connectivity index is 1.48. The van der Waals surface area contributed by atoms with Gasteiger partial charge in [0, 0.05) is 23.2 Å². The number of halogens is 1. The predicted molar refractivity (Wildman–Crippen MR) is 124 cm³/mol. The summed E-state index contributed by atoms with van der Waals surface area (Å²) in [5.74, 6) is 1.16. The number of anilines is 1. The summed E-state index contributed by atoms with van der Waals surface area (Å²) < 4.78 is 18.0. The van der Waals surface area contributed by atoms with Gasteiger partial charge in [-0.15, -0.1) is 4.57 Å². The fourth-order valence-electron chi connectivity index (χ4n) is 3.20. The van der Waals surface area contributed by atoms with Crippen molar-refractivity contribution in [3.8, 4) is 11.5 Å². The molecule has 4 rings (SSSR count). The molecule has 2 aromatic carbocycles. The quantitative estimate of drug-likeness (QED) is 0.428. The molecule has 2 heterocycles. The lowest BCUT2D eigenvalue weighted by molar-refractivity contribution is -0.122. The van der Waals surface area contributed by atoms with Crippen LogP contribution in [0.5, 0.6) is 11.5 Å². The first-order chi connectivity index (χ1) is 15.8. The summed E-state index contributed by atoms with van der Waals surface area (Å²) in [6.45, 7) is 5.33. The number of aromatic nitrogens is 2. The van der Waals surface area contributed by atoms with Crippen molar-refractivity contribution in [2.45, 2.75) is 33.5 Å². The van der Waals surface area contributed by atoms with Crippen molar-refractivity contribution in [3.63, 3.8) is 0 Å². The molecule has 1 amide bonds. The summed E-state index contributed by atoms with van der Waals surface area (Å²) in [5, 5.41) is 3.24. The van der Waals surface area contributed by atoms with Gasteiger partial charge in [0.15, 0.2) is 11.8 Å². The molecule has 0 saturated heterocycles. The molecule has 0 radical (unpaired) electrons. The highest BCUT2D eigenvalue weighted by molar-refractivity contribution is 6.30. The van der Waals surface area contributed by atoms with E-state index in [-0.39, 0.29) is 18.1 Å². The van der Waals surface area contributed by atoms with Crippen LogP contribution in [0.15, 0.2) is 63.9 Å². The third-order valence-corrected chi connectivity index (χ3v) is 5.01. The number of nitrogens with zero attached hydrogens (tertiary/aromatic N) is 2. The number of benzene rings is 2. The zero-order chi connectivity index (χ0) is 23.5. The Morgan fingerprint density at radius 1 is 1.18 bits per heavy atom. The van der Waals surface area contributed by atoms with Crippen molar-refractivity contribution < 1.29 is 18.8 Å². The maximum Gasteiger partial charge on any atom is 0.287 e. The second-order valence-electron chi connectivity index (χ2n) is 7.58. The highest BCUT2D eigenvalue weighted by Gasteiger charge is 2.18. The predicted octanol–water partition coefficient (Wildman–Crippen LogP) is 4.54. The molecular weight excluding hydrogens is 446 g/mol. The van der Waals surface area contributed by atoms with Crippen LogP contribution in [0.25, 0.3) is 5.65 Å². The number of ether oxygens (including phenoxy) is 2. The molecule has 0 saturated carbocycles. The lowest BCUT2D eigenvalue weighted by atomic mass is 10.2. The summed E-state index contributed by atoms with van der Waals surface area (Å²) in [4.78, 5) is 29.3. The molecular formula is C24H22ClN3O5. The van der Waals surface area contributed by atoms with E-state index in [1.807, 2.05) is 25.1 Å². The third kappa shape index (κ3) is 5.35. The molecule has 9 heteroatoms. The summed E-state index contributed by atoms with van der Waals surface area (Å²) in [6, 6.07) is 15.3. The topological polar surface area (TPSA) is 95.1 Å². The van der Waals surface area contributed by atoms with Gasteiger partial charge in [-0.2, -0.15) is 0 Å². The second-order valence-corrected chi connectivity index (χ2v) is 8.02. The van der Waals surface area contributed by atoms with Crippen molar-refractivity contribution >= 4 is 28.8 Å². The van der Waals surface area contributed by atoms with Crippen LogP contribution < -0.4 is 20.3 Å². The minimum absolute atomic E-state index is 0.00543. The number of hydrogen-bond acceptors (Lipinski definition) is 6. The van der Waals surface area contributed by atoms with Gasteiger partial charge >= 0.3 is 0 Å². The number of rotatable bonds is 7. The number of nitrogens with one attached hydrogen (secondary N) is 1. The van der Waals surface area contributed by atoms with E-state index < -0.39 is 6.10 Å². The number of amides is 1. The van der Waals surface area contributed by atoms with Gasteiger partial charge < -0.3 is 19.3 Å². The Morgan fingerprint density at radius 2 is 2.00 bits per heavy atom. The molecule has 0 bridgehead atoms. The Morgan fingerprint density at radius 3 is 2.79 bits per heavy atom. The minimum atomic E-state index is -0.747. The highest BCUT2D eigenvalue weighted by atomic mass is 35.5. The van der Waals surface area contributed by atoms with E-state index in [1.54, 1.807) is 44.2 Å². The smallest absolute Gasteiger partial charge is 0.287 e. The van der Waals surface area contributed by atoms with E-state index in [9.17, 15) is 9.59 Å². The first-order valence-electron chi connectivity index (χ1n) is 10.2. The molecule has 0 unspecified atom stereocenters. The molecule has 0 spiro atoms. The normalized spacial score (nSPS) is 11.9. The third-order valence-electron chi connectivity index (χ3n) is 4.77. The van der Waals surface area contributed by atoms with Gasteiger partial charge in [0.1, 0.15) is 23.9 Å². The van der Waals surface area contributed by atoms with Crippen molar-refractivity contribution in [1.29, 1.82) is 0 Å². The van der Waals surface area contributed by atoms with Crippen LogP contribution >= 0.6 is 11.6 Å². The number of fused-ring (bicyclic) bond motifs is 1. The van der Waals surface area contributed by atoms with E-state index in [0.29, 0.717) is 39.3 Å². The minimum Gasteiger partial charge on any atom is -0.485 e. The van der Waals surface area contributed by atoms with E-state index in [0.717, 1.165) is 10.1 Å². The average molecular weight is 468 g/mol. The number of carbonyl (C=O) groups is 1. The van der Waals surface area contributed by atoms with Crippen LogP contribution in [0.2, 0.25) is 5.02 Å². The lowest BCUT2D eigenvalue weighted by Crippen LogP contribution is -2.30. The van der Waals surface area contributed by atoms with Crippen LogP contribution in [0.4, 0.5) is 5.69 Å². The molecule has 33 heavy (non-hydrogen) atoms. The molecule has 4 aromatic rings. The molecule has 2 aromatic heterocycles. The molecule has 0 aliphatic heterocycles. The average Bonchev–Trinajstić information content (AvgIpc) is 3.14. The largest absolute Gasteiger partial charge is 0.485 e. The zero-order valence-electron chi connectivity index (χ0n) is 18.3. The van der Waals surface area contributed by atoms with Gasteiger partial charge in [-0.25, -0.2) is 4.98 Å². The molecule has 0 fully saturated rings. The van der Waals surface area contributed by atoms with Crippen molar-refractivity contribution in [3.05, 3.63) is 87.0 Å². The van der Waals surface area contributed by atoms with Crippen LogP contribution in [0.1, 0.15) is 23.9 Å². The molecule has 8 nitrogen and oxygen atoms in total. The van der Waals surface area contributed by atoms with Crippen molar-refractivity contribution in [2.75, 3.05) is 5.32 Å². The highest BCUT2D eigenvalue weighted by Crippen LogP contribution is 2.29. The Labute approximate surface area is 194 Å². The summed E-state index contributed by atoms with van der Waals surface area (Å²) >= 11 is 6.13. The first-order valence-corrected chi connectivity index (χ1v) is 10.6. The fourth-order valence-corrected chi connectivity index (χ4v) is 3.36. The van der Waals surface area contributed by atoms with E-state index in [1.165, 1.54) is 6.07 Å². The molecule has 1 atom stereocenters. The summed E-state index contributed by atoms with van der Waals surface area (Å²) in [7, 11) is 0. The Bertz CT molecular complexity index is 1380. The SMILES string of the molecule is Cc1cccc(O[C@H](C)C(=O)Nc2ccc(Cl)cc2OCc2cc(=O)n3oc(C)cc3n2)c1. The maximum atomic E-state index is 12.7. The zero-order valence-corrected chi connectivity index (χ0v) is 19.1. The van der Waals surface area contributed by atoms with E-state index in [4.69, 9.17) is 25.6 Å². The second kappa shape index (κ2) is 9.38. The van der Waals surface area contributed by atoms with Crippen molar-refractivity contribution in [2.24, 2.45) is 0 Å². The van der Waals surface area contributed by atoms with Gasteiger partial charge in [0.2, 0.25) is 0 Å². The number of carbonyl (C=O) groups excluding carboxylic acids is 1. The van der Waals surface area contributed by atoms with E-state index >= 15 is 0 Å². The van der Waals surface area contributed by atoms with Crippen molar-refractivity contribution in [1.82, 2.24) is 9.56 Å². The van der Waals surface area contributed by atoms with Crippen LogP contribution in [0, 0.1) is 13.8 Å². The van der Waals surface area contributed by atoms with Gasteiger partial charge in [0.25, 0.3) is 11.5 Å². The monoisotopic (exact) mass is 467 g/mol. The standard InChI is InChI=1S/C24H22ClN3O5/c1-14-5-4-6-19(9-14)32-16(3)24(30)27-20-8-7-17(25)11-21(20)31-13-18-12-23(29)28-22(26-18)10-15(2)33-28/h4-12,16H,13H2,1-3H3,(H,27,30)/t16-/m1/s1. The van der Waals surface area contributed by atoms with Crippen LogP contribution in [-0.2, 0) is 11.4 Å². The van der Waals surface area contributed by atoms with Crippen LogP contribution in [0.3, 0.4) is 0 Å². The molecule has 170 valence electrons. The fraction of sp³-hybridized carbons (Fsp3) is 0.208. The summed E-state index contributed by atoms with van der Waals surface area (Å²) in [5.41, 5.74) is 1.90. The van der Waals surface area contributed by atoms with Gasteiger partial charge in [-0.1, -0.05) is 23.7 Å². The molecule has 0 aliphatic rings. The Kier molecular flexibility index (Phi) is 6.37. The van der Waals surface area contributed by atoms with Gasteiger partial charge in [-0.3, -0.25) is 9.59 Å². The lowest BCUT2D eigenvalue weighted by Gasteiger charge is -2.17.